The summed E-state index contributed by atoms with van der Waals surface area (Å²) >= 11 is -0.546. The third-order valence-corrected chi connectivity index (χ3v) is 2.18. The molecular formula is C9H5F6OS. The average molecular weight is 275 g/mol. The van der Waals surface area contributed by atoms with Crippen molar-refractivity contribution in [1.29, 1.82) is 0 Å². The van der Waals surface area contributed by atoms with Gasteiger partial charge in [-0.05, 0) is 30.0 Å². The van der Waals surface area contributed by atoms with Crippen LogP contribution in [-0.4, -0.2) is 18.3 Å². The number of alkyl halides is 6. The van der Waals surface area contributed by atoms with Crippen LogP contribution in [0.2, 0.25) is 0 Å². The van der Waals surface area contributed by atoms with Gasteiger partial charge in [0.05, 0.1) is 4.90 Å². The maximum absolute atomic E-state index is 12.1. The van der Waals surface area contributed by atoms with E-state index in [-0.39, 0.29) is 0 Å². The predicted octanol–water partition coefficient (Wildman–Crippen LogP) is 4.04. The number of rotatable bonds is 3. The summed E-state index contributed by atoms with van der Waals surface area (Å²) in [7, 11) is 0. The third kappa shape index (κ3) is 5.71. The Kier molecular flexibility index (Phi) is 4.18. The molecule has 0 saturated carbocycles. The topological polar surface area (TPSA) is 9.23 Å². The van der Waals surface area contributed by atoms with Gasteiger partial charge in [0.25, 0.3) is 0 Å². The Morgan fingerprint density at radius 1 is 1.18 bits per heavy atom. The Morgan fingerprint density at radius 2 is 1.82 bits per heavy atom. The summed E-state index contributed by atoms with van der Waals surface area (Å²) in [5.41, 5.74) is -4.59. The molecule has 0 aliphatic rings. The maximum atomic E-state index is 12.1. The van der Waals surface area contributed by atoms with Gasteiger partial charge in [0.15, 0.2) is 6.61 Å². The second-order valence-electron chi connectivity index (χ2n) is 2.82. The average Bonchev–Trinajstić information content (AvgIpc) is 2.12. The van der Waals surface area contributed by atoms with Gasteiger partial charge in [0.1, 0.15) is 5.75 Å². The van der Waals surface area contributed by atoms with Gasteiger partial charge in [-0.3, -0.25) is 0 Å². The molecule has 95 valence electrons. The maximum Gasteiger partial charge on any atom is 0.446 e. The molecule has 0 amide bonds. The molecule has 0 aliphatic heterocycles. The van der Waals surface area contributed by atoms with Crippen molar-refractivity contribution >= 4 is 11.8 Å². The fraction of sp³-hybridized carbons (Fsp3) is 0.333. The lowest BCUT2D eigenvalue weighted by Gasteiger charge is -2.13. The fourth-order valence-electron chi connectivity index (χ4n) is 0.884. The smallest absolute Gasteiger partial charge is 0.446 e. The van der Waals surface area contributed by atoms with Gasteiger partial charge in [-0.1, -0.05) is 6.07 Å². The van der Waals surface area contributed by atoms with Gasteiger partial charge >= 0.3 is 11.7 Å². The second-order valence-corrected chi connectivity index (χ2v) is 3.93. The molecule has 1 radical (unpaired) electrons. The molecule has 1 aromatic rings. The molecule has 0 bridgehead atoms. The summed E-state index contributed by atoms with van der Waals surface area (Å²) in [5.74, 6) is -0.469. The summed E-state index contributed by atoms with van der Waals surface area (Å²) in [4.78, 5) is -0.454. The molecule has 1 rings (SSSR count). The van der Waals surface area contributed by atoms with E-state index in [9.17, 15) is 26.3 Å². The van der Waals surface area contributed by atoms with E-state index in [0.717, 1.165) is 12.1 Å². The Hall–Kier alpha value is -1.05. The van der Waals surface area contributed by atoms with Crippen LogP contribution in [0.3, 0.4) is 0 Å². The van der Waals surface area contributed by atoms with Crippen molar-refractivity contribution in [3.8, 4) is 5.75 Å². The molecule has 0 atom stereocenters. The molecule has 0 aliphatic carbocycles. The van der Waals surface area contributed by atoms with Gasteiger partial charge in [-0.2, -0.15) is 26.3 Å². The summed E-state index contributed by atoms with van der Waals surface area (Å²) < 4.78 is 76.0. The molecule has 0 aromatic heterocycles. The summed E-state index contributed by atoms with van der Waals surface area (Å²) in [6, 6.07) is 5.43. The number of benzene rings is 1. The lowest BCUT2D eigenvalue weighted by molar-refractivity contribution is -0.153. The van der Waals surface area contributed by atoms with E-state index in [0.29, 0.717) is 0 Å². The molecule has 1 aromatic carbocycles. The molecule has 17 heavy (non-hydrogen) atoms. The second kappa shape index (κ2) is 5.07. The van der Waals surface area contributed by atoms with Gasteiger partial charge in [0.2, 0.25) is 0 Å². The summed E-state index contributed by atoms with van der Waals surface area (Å²) in [6.07, 6.45) is -4.60. The lowest BCUT2D eigenvalue weighted by Crippen LogP contribution is -2.19. The van der Waals surface area contributed by atoms with Gasteiger partial charge in [-0.15, -0.1) is 0 Å². The minimum absolute atomic E-state index is 0.454. The highest BCUT2D eigenvalue weighted by Gasteiger charge is 2.32. The van der Waals surface area contributed by atoms with Gasteiger partial charge < -0.3 is 4.74 Å². The number of hydrogen-bond donors (Lipinski definition) is 0. The van der Waals surface area contributed by atoms with Crippen LogP contribution in [0.25, 0.3) is 0 Å². The normalized spacial score (nSPS) is 12.6. The van der Waals surface area contributed by atoms with Crippen LogP contribution in [0.5, 0.6) is 5.75 Å². The molecule has 0 N–H and O–H groups in total. The van der Waals surface area contributed by atoms with E-state index < -0.39 is 40.7 Å². The SMILES string of the molecule is FC(F)(F)COc1cc[c]cc1SC(F)(F)F. The van der Waals surface area contributed by atoms with E-state index in [1.807, 2.05) is 0 Å². The Bertz CT molecular complexity index is 372. The van der Waals surface area contributed by atoms with Crippen LogP contribution in [0.4, 0.5) is 26.3 Å². The highest BCUT2D eigenvalue weighted by molar-refractivity contribution is 8.00. The minimum atomic E-state index is -4.60. The summed E-state index contributed by atoms with van der Waals surface area (Å²) in [6.45, 7) is -1.64. The van der Waals surface area contributed by atoms with E-state index in [2.05, 4.69) is 10.8 Å². The Morgan fingerprint density at radius 3 is 2.35 bits per heavy atom. The number of halogens is 6. The molecule has 0 spiro atoms. The van der Waals surface area contributed by atoms with Crippen molar-refractivity contribution < 1.29 is 31.1 Å². The number of thioether (sulfide) groups is 1. The van der Waals surface area contributed by atoms with E-state index >= 15 is 0 Å². The molecule has 0 saturated heterocycles. The van der Waals surface area contributed by atoms with E-state index in [1.54, 1.807) is 0 Å². The standard InChI is InChI=1S/C9H5F6OS/c10-8(11,12)5-16-6-3-1-2-4-7(6)17-9(13,14)15/h1,3-4H,5H2. The summed E-state index contributed by atoms with van der Waals surface area (Å²) in [5, 5.41) is 0. The monoisotopic (exact) mass is 275 g/mol. The minimum Gasteiger partial charge on any atom is -0.483 e. The molecule has 8 heteroatoms. The van der Waals surface area contributed by atoms with E-state index in [4.69, 9.17) is 0 Å². The van der Waals surface area contributed by atoms with Crippen LogP contribution in [-0.2, 0) is 0 Å². The van der Waals surface area contributed by atoms with Crippen molar-refractivity contribution in [1.82, 2.24) is 0 Å². The highest BCUT2D eigenvalue weighted by atomic mass is 32.2. The first-order valence-electron chi connectivity index (χ1n) is 4.13. The van der Waals surface area contributed by atoms with Crippen LogP contribution >= 0.6 is 11.8 Å². The predicted molar refractivity (Wildman–Crippen MR) is 48.7 cm³/mol. The zero-order valence-electron chi connectivity index (χ0n) is 8.02. The van der Waals surface area contributed by atoms with Crippen molar-refractivity contribution in [2.75, 3.05) is 6.61 Å². The van der Waals surface area contributed by atoms with Gasteiger partial charge in [0, 0.05) is 0 Å². The molecular weight excluding hydrogens is 270 g/mol. The zero-order valence-corrected chi connectivity index (χ0v) is 8.84. The molecule has 1 nitrogen and oxygen atoms in total. The highest BCUT2D eigenvalue weighted by Crippen LogP contribution is 2.41. The van der Waals surface area contributed by atoms with Crippen molar-refractivity contribution in [3.63, 3.8) is 0 Å². The number of hydrogen-bond acceptors (Lipinski definition) is 2. The van der Waals surface area contributed by atoms with Crippen molar-refractivity contribution in [3.05, 3.63) is 24.3 Å². The largest absolute Gasteiger partial charge is 0.483 e. The fourth-order valence-corrected chi connectivity index (χ4v) is 1.49. The van der Waals surface area contributed by atoms with Crippen LogP contribution in [0.1, 0.15) is 0 Å². The van der Waals surface area contributed by atoms with Crippen molar-refractivity contribution in [2.24, 2.45) is 0 Å². The van der Waals surface area contributed by atoms with Crippen LogP contribution < -0.4 is 4.74 Å². The third-order valence-electron chi connectivity index (χ3n) is 1.41. The molecule has 0 unspecified atom stereocenters. The van der Waals surface area contributed by atoms with Crippen LogP contribution in [0, 0.1) is 6.07 Å². The zero-order chi connectivity index (χ0) is 13.1. The van der Waals surface area contributed by atoms with Gasteiger partial charge in [-0.25, -0.2) is 0 Å². The lowest BCUT2D eigenvalue weighted by atomic mass is 10.3. The molecule has 0 heterocycles. The first-order valence-corrected chi connectivity index (χ1v) is 4.94. The van der Waals surface area contributed by atoms with Crippen molar-refractivity contribution in [2.45, 2.75) is 16.6 Å². The first kappa shape index (κ1) is 14.0. The van der Waals surface area contributed by atoms with E-state index in [1.165, 1.54) is 6.07 Å². The first-order chi connectivity index (χ1) is 7.67. The van der Waals surface area contributed by atoms with Crippen LogP contribution in [0.15, 0.2) is 23.1 Å². The Balaban J connectivity index is 2.78. The number of ether oxygens (including phenoxy) is 1. The quantitative estimate of drug-likeness (QED) is 0.608. The molecule has 0 fully saturated rings. The Labute approximate surface area is 96.8 Å².